The number of nitro groups is 1. The van der Waals surface area contributed by atoms with Crippen molar-refractivity contribution < 1.29 is 36.9 Å². The van der Waals surface area contributed by atoms with Crippen molar-refractivity contribution in [2.24, 2.45) is 0 Å². The number of aliphatic hydroxyl groups excluding tert-OH is 1. The Balaban J connectivity index is 1.72. The van der Waals surface area contributed by atoms with Crippen LogP contribution in [0.25, 0.3) is 0 Å². The highest BCUT2D eigenvalue weighted by Crippen LogP contribution is 2.41. The van der Waals surface area contributed by atoms with Crippen molar-refractivity contribution in [1.29, 1.82) is 0 Å². The van der Waals surface area contributed by atoms with Crippen LogP contribution in [0.15, 0.2) is 59.5 Å². The lowest BCUT2D eigenvalue weighted by molar-refractivity contribution is -0.384. The summed E-state index contributed by atoms with van der Waals surface area (Å²) in [5.41, 5.74) is -0.541. The zero-order valence-electron chi connectivity index (χ0n) is 22.1. The van der Waals surface area contributed by atoms with E-state index in [0.717, 1.165) is 18.2 Å². The Morgan fingerprint density at radius 1 is 1.02 bits per heavy atom. The number of likely N-dealkylation sites (N-methyl/N-ethyl adjacent to an activating group) is 1. The average Bonchev–Trinajstić information content (AvgIpc) is 2.85. The minimum atomic E-state index is -4.41. The molecule has 15 heteroatoms. The maximum Gasteiger partial charge on any atom is 0.410 e. The Morgan fingerprint density at radius 3 is 2.12 bits per heavy atom. The number of rotatable bonds is 9. The molecule has 1 N–H and O–H groups in total. The lowest BCUT2D eigenvalue weighted by Crippen LogP contribution is -2.36. The van der Waals surface area contributed by atoms with Gasteiger partial charge in [-0.3, -0.25) is 10.1 Å². The first kappa shape index (κ1) is 32.2. The van der Waals surface area contributed by atoms with Gasteiger partial charge in [0.1, 0.15) is 22.0 Å². The Labute approximate surface area is 251 Å². The standard InChI is InChI=1S/C26H25Cl3N2O9S/c1-26(2,3)39-25(33)30(4)14-22(32)15-5-8-17(9-6-15)40-41(36,37)18-12-20(28)24(21(29)13-18)38-23-10-7-16(31(34)35)11-19(23)27/h5-13,22,32H,14H2,1-4H3. The number of carbonyl (C=O) groups is 1. The minimum absolute atomic E-state index is 0.00693. The van der Waals surface area contributed by atoms with Gasteiger partial charge in [-0.25, -0.2) is 4.79 Å². The predicted molar refractivity (Wildman–Crippen MR) is 153 cm³/mol. The molecule has 11 nitrogen and oxygen atoms in total. The summed E-state index contributed by atoms with van der Waals surface area (Å²) < 4.78 is 41.8. The molecule has 3 rings (SSSR count). The molecule has 1 unspecified atom stereocenters. The summed E-state index contributed by atoms with van der Waals surface area (Å²) in [5.74, 6) is -0.183. The van der Waals surface area contributed by atoms with E-state index in [1.54, 1.807) is 20.8 Å². The van der Waals surface area contributed by atoms with Gasteiger partial charge in [0, 0.05) is 19.2 Å². The molecule has 3 aromatic rings. The van der Waals surface area contributed by atoms with Crippen molar-refractivity contribution in [2.45, 2.75) is 37.4 Å². The van der Waals surface area contributed by atoms with E-state index in [0.29, 0.717) is 5.56 Å². The molecular formula is C26H25Cl3N2O9S. The summed E-state index contributed by atoms with van der Waals surface area (Å²) >= 11 is 18.5. The van der Waals surface area contributed by atoms with Gasteiger partial charge in [0.2, 0.25) is 0 Å². The molecule has 0 radical (unpaired) electrons. The van der Waals surface area contributed by atoms with Crippen molar-refractivity contribution in [2.75, 3.05) is 13.6 Å². The Morgan fingerprint density at radius 2 is 1.61 bits per heavy atom. The average molecular weight is 648 g/mol. The van der Waals surface area contributed by atoms with Crippen LogP contribution in [-0.4, -0.2) is 48.6 Å². The summed E-state index contributed by atoms with van der Waals surface area (Å²) in [5, 5.41) is 20.9. The summed E-state index contributed by atoms with van der Waals surface area (Å²) in [6.45, 7) is 5.11. The van der Waals surface area contributed by atoms with Gasteiger partial charge in [0.25, 0.3) is 5.69 Å². The van der Waals surface area contributed by atoms with Crippen molar-refractivity contribution in [3.8, 4) is 17.2 Å². The second kappa shape index (κ2) is 12.7. The van der Waals surface area contributed by atoms with Crippen LogP contribution in [0.4, 0.5) is 10.5 Å². The molecule has 0 aromatic heterocycles. The highest BCUT2D eigenvalue weighted by atomic mass is 35.5. The van der Waals surface area contributed by atoms with Crippen LogP contribution in [0.3, 0.4) is 0 Å². The van der Waals surface area contributed by atoms with Crippen LogP contribution in [0.2, 0.25) is 15.1 Å². The number of hydrogen-bond acceptors (Lipinski definition) is 9. The van der Waals surface area contributed by atoms with Crippen molar-refractivity contribution in [3.63, 3.8) is 0 Å². The number of carbonyl (C=O) groups excluding carboxylic acids is 1. The van der Waals surface area contributed by atoms with E-state index in [-0.39, 0.29) is 49.4 Å². The molecule has 0 saturated carbocycles. The fraction of sp³-hybridized carbons (Fsp3) is 0.269. The lowest BCUT2D eigenvalue weighted by atomic mass is 10.1. The quantitative estimate of drug-likeness (QED) is 0.147. The smallest absolute Gasteiger partial charge is 0.410 e. The van der Waals surface area contributed by atoms with Crippen LogP contribution in [0, 0.1) is 10.1 Å². The number of hydrogen-bond donors (Lipinski definition) is 1. The first-order chi connectivity index (χ1) is 19.0. The molecule has 0 bridgehead atoms. The molecule has 0 aliphatic rings. The monoisotopic (exact) mass is 646 g/mol. The fourth-order valence-corrected chi connectivity index (χ4v) is 5.17. The van der Waals surface area contributed by atoms with Crippen molar-refractivity contribution >= 4 is 56.7 Å². The minimum Gasteiger partial charge on any atom is -0.453 e. The highest BCUT2D eigenvalue weighted by Gasteiger charge is 2.24. The van der Waals surface area contributed by atoms with E-state index in [1.165, 1.54) is 48.3 Å². The molecular weight excluding hydrogens is 623 g/mol. The number of aliphatic hydroxyl groups is 1. The van der Waals surface area contributed by atoms with Crippen LogP contribution >= 0.6 is 34.8 Å². The Bertz CT molecular complexity index is 1540. The molecule has 0 aliphatic heterocycles. The number of nitro benzene ring substituents is 1. The molecule has 1 atom stereocenters. The molecule has 0 saturated heterocycles. The van der Waals surface area contributed by atoms with E-state index in [9.17, 15) is 28.4 Å². The van der Waals surface area contributed by atoms with E-state index in [2.05, 4.69) is 0 Å². The first-order valence-corrected chi connectivity index (χ1v) is 14.3. The molecule has 0 aliphatic carbocycles. The molecule has 1 amide bonds. The highest BCUT2D eigenvalue weighted by molar-refractivity contribution is 7.87. The number of non-ortho nitro benzene ring substituents is 1. The lowest BCUT2D eigenvalue weighted by Gasteiger charge is -2.26. The zero-order valence-corrected chi connectivity index (χ0v) is 25.2. The third-order valence-electron chi connectivity index (χ3n) is 5.22. The molecule has 0 heterocycles. The van der Waals surface area contributed by atoms with E-state index in [4.69, 9.17) is 48.5 Å². The molecule has 220 valence electrons. The maximum atomic E-state index is 12.9. The second-order valence-electron chi connectivity index (χ2n) is 9.67. The molecule has 3 aromatic carbocycles. The van der Waals surface area contributed by atoms with Crippen molar-refractivity contribution in [1.82, 2.24) is 4.90 Å². The summed E-state index contributed by atoms with van der Waals surface area (Å²) in [6.07, 6.45) is -1.68. The maximum absolute atomic E-state index is 12.9. The van der Waals surface area contributed by atoms with E-state index >= 15 is 0 Å². The second-order valence-corrected chi connectivity index (χ2v) is 12.4. The van der Waals surface area contributed by atoms with Gasteiger partial charge in [-0.1, -0.05) is 46.9 Å². The van der Waals surface area contributed by atoms with Crippen molar-refractivity contribution in [3.05, 3.63) is 85.3 Å². The first-order valence-electron chi connectivity index (χ1n) is 11.7. The SMILES string of the molecule is CN(CC(O)c1ccc(OS(=O)(=O)c2cc(Cl)c(Oc3ccc([N+](=O)[O-])cc3Cl)c(Cl)c2)cc1)C(=O)OC(C)(C)C. The van der Waals surface area contributed by atoms with Gasteiger partial charge < -0.3 is 23.7 Å². The van der Waals surface area contributed by atoms with E-state index in [1.807, 2.05) is 0 Å². The summed E-state index contributed by atoms with van der Waals surface area (Å²) in [6, 6.07) is 11.2. The van der Waals surface area contributed by atoms with Gasteiger partial charge in [0.15, 0.2) is 5.75 Å². The number of nitrogens with zero attached hydrogens (tertiary/aromatic N) is 2. The third-order valence-corrected chi connectivity index (χ3v) is 7.30. The van der Waals surface area contributed by atoms with Gasteiger partial charge in [0.05, 0.1) is 32.6 Å². The van der Waals surface area contributed by atoms with Gasteiger partial charge in [-0.05, 0) is 56.7 Å². The van der Waals surface area contributed by atoms with E-state index < -0.39 is 32.8 Å². The number of ether oxygens (including phenoxy) is 2. The number of halogens is 3. The largest absolute Gasteiger partial charge is 0.453 e. The summed E-state index contributed by atoms with van der Waals surface area (Å²) in [7, 11) is -2.93. The third kappa shape index (κ3) is 8.60. The zero-order chi connectivity index (χ0) is 30.7. The molecule has 0 spiro atoms. The van der Waals surface area contributed by atoms with Gasteiger partial charge >= 0.3 is 16.2 Å². The predicted octanol–water partition coefficient (Wildman–Crippen LogP) is 7.02. The van der Waals surface area contributed by atoms with Crippen LogP contribution < -0.4 is 8.92 Å². The number of benzene rings is 3. The fourth-order valence-electron chi connectivity index (χ4n) is 3.27. The molecule has 41 heavy (non-hydrogen) atoms. The topological polar surface area (TPSA) is 146 Å². The number of amides is 1. The van der Waals surface area contributed by atoms with Gasteiger partial charge in [-0.2, -0.15) is 8.42 Å². The van der Waals surface area contributed by atoms with Crippen LogP contribution in [0.5, 0.6) is 17.2 Å². The Hall–Kier alpha value is -3.29. The van der Waals surface area contributed by atoms with Crippen LogP contribution in [0.1, 0.15) is 32.4 Å². The normalized spacial score (nSPS) is 12.4. The van der Waals surface area contributed by atoms with Crippen LogP contribution in [-0.2, 0) is 14.9 Å². The molecule has 0 fully saturated rings. The summed E-state index contributed by atoms with van der Waals surface area (Å²) in [4.78, 5) is 23.3. The van der Waals surface area contributed by atoms with Gasteiger partial charge in [-0.15, -0.1) is 0 Å². The Kier molecular flexibility index (Phi) is 9.98.